The molecule has 1 aliphatic rings. The van der Waals surface area contributed by atoms with Gasteiger partial charge in [0.2, 0.25) is 5.91 Å². The van der Waals surface area contributed by atoms with Crippen molar-refractivity contribution >= 4 is 17.0 Å². The van der Waals surface area contributed by atoms with Gasteiger partial charge in [0, 0.05) is 19.7 Å². The van der Waals surface area contributed by atoms with E-state index in [0.29, 0.717) is 48.9 Å². The van der Waals surface area contributed by atoms with Gasteiger partial charge in [-0.25, -0.2) is 4.79 Å². The minimum Gasteiger partial charge on any atom is -0.493 e. The standard InChI is InChI=1S/C26H30N2O6/c1-4-13-33-23-12-11-19(15-24(23)31-3)16-27(17-20-8-7-14-32-20)25(29)18(2)28-21-9-5-6-10-22(21)34-26(28)30/h4-6,9-12,15,18,20H,1,7-8,13-14,16-17H2,2-3H3. The van der Waals surface area contributed by atoms with Crippen molar-refractivity contribution in [3.05, 3.63) is 71.2 Å². The second kappa shape index (κ2) is 10.6. The van der Waals surface area contributed by atoms with Crippen molar-refractivity contribution < 1.29 is 23.4 Å². The van der Waals surface area contributed by atoms with Gasteiger partial charge in [-0.3, -0.25) is 9.36 Å². The van der Waals surface area contributed by atoms with Crippen LogP contribution in [0.3, 0.4) is 0 Å². The molecule has 8 heteroatoms. The number of benzene rings is 2. The fourth-order valence-corrected chi connectivity index (χ4v) is 4.29. The number of carbonyl (C=O) groups excluding carboxylic acids is 1. The predicted molar refractivity (Wildman–Crippen MR) is 128 cm³/mol. The zero-order chi connectivity index (χ0) is 24.1. The molecule has 1 fully saturated rings. The van der Waals surface area contributed by atoms with Crippen LogP contribution in [0.25, 0.3) is 11.1 Å². The van der Waals surface area contributed by atoms with Gasteiger partial charge in [0.05, 0.1) is 18.7 Å². The molecule has 0 radical (unpaired) electrons. The average Bonchev–Trinajstić information content (AvgIpc) is 3.48. The number of hydrogen-bond acceptors (Lipinski definition) is 6. The first-order chi connectivity index (χ1) is 16.5. The van der Waals surface area contributed by atoms with E-state index in [-0.39, 0.29) is 12.0 Å². The first-order valence-corrected chi connectivity index (χ1v) is 11.4. The highest BCUT2D eigenvalue weighted by Crippen LogP contribution is 2.29. The summed E-state index contributed by atoms with van der Waals surface area (Å²) in [5.74, 6) is 0.446. The molecule has 8 nitrogen and oxygen atoms in total. The minimum absolute atomic E-state index is 0.0361. The van der Waals surface area contributed by atoms with Crippen molar-refractivity contribution in [2.24, 2.45) is 0 Å². The maximum atomic E-state index is 13.7. The molecule has 2 heterocycles. The molecule has 0 N–H and O–H groups in total. The van der Waals surface area contributed by atoms with Crippen LogP contribution < -0.4 is 15.2 Å². The Kier molecular flexibility index (Phi) is 7.37. The largest absolute Gasteiger partial charge is 0.493 e. The number of fused-ring (bicyclic) bond motifs is 1. The van der Waals surface area contributed by atoms with Crippen LogP contribution in [-0.4, -0.2) is 48.3 Å². The van der Waals surface area contributed by atoms with Crippen molar-refractivity contribution in [1.29, 1.82) is 0 Å². The molecular weight excluding hydrogens is 436 g/mol. The van der Waals surface area contributed by atoms with Gasteiger partial charge in [-0.1, -0.05) is 30.9 Å². The number of carbonyl (C=O) groups is 1. The van der Waals surface area contributed by atoms with E-state index in [4.69, 9.17) is 18.6 Å². The Balaban J connectivity index is 1.61. The van der Waals surface area contributed by atoms with Gasteiger partial charge in [-0.2, -0.15) is 0 Å². The lowest BCUT2D eigenvalue weighted by Gasteiger charge is -2.28. The first kappa shape index (κ1) is 23.6. The second-order valence-corrected chi connectivity index (χ2v) is 8.32. The zero-order valence-electron chi connectivity index (χ0n) is 19.6. The minimum atomic E-state index is -0.741. The molecule has 4 rings (SSSR count). The van der Waals surface area contributed by atoms with Crippen molar-refractivity contribution in [2.75, 3.05) is 26.9 Å². The van der Waals surface area contributed by atoms with Crippen LogP contribution in [0.2, 0.25) is 0 Å². The Morgan fingerprint density at radius 3 is 2.85 bits per heavy atom. The SMILES string of the molecule is C=CCOc1ccc(CN(CC2CCCO2)C(=O)C(C)n2c(=O)oc3ccccc32)cc1OC. The molecular formula is C26H30N2O6. The Morgan fingerprint density at radius 1 is 1.29 bits per heavy atom. The smallest absolute Gasteiger partial charge is 0.420 e. The fourth-order valence-electron chi connectivity index (χ4n) is 4.29. The summed E-state index contributed by atoms with van der Waals surface area (Å²) >= 11 is 0. The zero-order valence-corrected chi connectivity index (χ0v) is 19.6. The fraction of sp³-hybridized carbons (Fsp3) is 0.385. The molecule has 2 aromatic carbocycles. The average molecular weight is 467 g/mol. The van der Waals surface area contributed by atoms with Crippen LogP contribution in [-0.2, 0) is 16.1 Å². The first-order valence-electron chi connectivity index (χ1n) is 11.4. The summed E-state index contributed by atoms with van der Waals surface area (Å²) in [6, 6.07) is 12.0. The Hall–Kier alpha value is -3.52. The van der Waals surface area contributed by atoms with E-state index in [9.17, 15) is 9.59 Å². The molecule has 1 saturated heterocycles. The van der Waals surface area contributed by atoms with Crippen LogP contribution in [0.5, 0.6) is 11.5 Å². The van der Waals surface area contributed by atoms with Crippen LogP contribution in [0.15, 0.2) is 64.3 Å². The number of oxazole rings is 1. The van der Waals surface area contributed by atoms with Gasteiger partial charge < -0.3 is 23.5 Å². The van der Waals surface area contributed by atoms with E-state index >= 15 is 0 Å². The molecule has 1 amide bonds. The molecule has 2 atom stereocenters. The van der Waals surface area contributed by atoms with Crippen LogP contribution >= 0.6 is 0 Å². The lowest BCUT2D eigenvalue weighted by atomic mass is 10.1. The molecule has 3 aromatic rings. The summed E-state index contributed by atoms with van der Waals surface area (Å²) in [6.07, 6.45) is 3.49. The number of ether oxygens (including phenoxy) is 3. The molecule has 0 saturated carbocycles. The monoisotopic (exact) mass is 466 g/mol. The summed E-state index contributed by atoms with van der Waals surface area (Å²) in [6.45, 7) is 7.22. The number of methoxy groups -OCH3 is 1. The Labute approximate surface area is 198 Å². The van der Waals surface area contributed by atoms with Gasteiger partial charge in [0.25, 0.3) is 0 Å². The number of amides is 1. The third-order valence-corrected chi connectivity index (χ3v) is 5.98. The number of rotatable bonds is 10. The molecule has 34 heavy (non-hydrogen) atoms. The second-order valence-electron chi connectivity index (χ2n) is 8.32. The predicted octanol–water partition coefficient (Wildman–Crippen LogP) is 3.94. The topological polar surface area (TPSA) is 83.1 Å². The summed E-state index contributed by atoms with van der Waals surface area (Å²) < 4.78 is 23.7. The summed E-state index contributed by atoms with van der Waals surface area (Å²) in [5.41, 5.74) is 1.93. The molecule has 0 aliphatic carbocycles. The van der Waals surface area contributed by atoms with E-state index in [1.54, 1.807) is 43.2 Å². The van der Waals surface area contributed by atoms with Gasteiger partial charge in [0.1, 0.15) is 12.6 Å². The summed E-state index contributed by atoms with van der Waals surface area (Å²) in [7, 11) is 1.58. The van der Waals surface area contributed by atoms with Crippen molar-refractivity contribution in [2.45, 2.75) is 38.5 Å². The molecule has 0 spiro atoms. The van der Waals surface area contributed by atoms with E-state index in [1.165, 1.54) is 4.57 Å². The third kappa shape index (κ3) is 5.02. The molecule has 1 aromatic heterocycles. The summed E-state index contributed by atoms with van der Waals surface area (Å²) in [4.78, 5) is 28.0. The van der Waals surface area contributed by atoms with E-state index < -0.39 is 11.8 Å². The lowest BCUT2D eigenvalue weighted by Crippen LogP contribution is -2.41. The molecule has 180 valence electrons. The highest BCUT2D eigenvalue weighted by Gasteiger charge is 2.29. The quantitative estimate of drug-likeness (QED) is 0.421. The third-order valence-electron chi connectivity index (χ3n) is 5.98. The van der Waals surface area contributed by atoms with Crippen LogP contribution in [0.4, 0.5) is 0 Å². The van der Waals surface area contributed by atoms with Crippen molar-refractivity contribution in [1.82, 2.24) is 9.47 Å². The summed E-state index contributed by atoms with van der Waals surface area (Å²) in [5, 5.41) is 0. The van der Waals surface area contributed by atoms with Gasteiger partial charge in [-0.05, 0) is 49.6 Å². The Bertz CT molecular complexity index is 1210. The molecule has 1 aliphatic heterocycles. The molecule has 0 bridgehead atoms. The number of nitrogens with zero attached hydrogens (tertiary/aromatic N) is 2. The number of hydrogen-bond donors (Lipinski definition) is 0. The van der Waals surface area contributed by atoms with Gasteiger partial charge in [-0.15, -0.1) is 0 Å². The van der Waals surface area contributed by atoms with Crippen molar-refractivity contribution in [3.8, 4) is 11.5 Å². The normalized spacial score (nSPS) is 16.4. The lowest BCUT2D eigenvalue weighted by molar-refractivity contribution is -0.136. The number of aromatic nitrogens is 1. The van der Waals surface area contributed by atoms with E-state index in [1.807, 2.05) is 24.3 Å². The van der Waals surface area contributed by atoms with E-state index in [0.717, 1.165) is 18.4 Å². The van der Waals surface area contributed by atoms with Crippen LogP contribution in [0.1, 0.15) is 31.4 Å². The van der Waals surface area contributed by atoms with E-state index in [2.05, 4.69) is 6.58 Å². The molecule has 2 unspecified atom stereocenters. The highest BCUT2D eigenvalue weighted by atomic mass is 16.5. The maximum Gasteiger partial charge on any atom is 0.420 e. The van der Waals surface area contributed by atoms with Gasteiger partial charge in [0.15, 0.2) is 17.1 Å². The maximum absolute atomic E-state index is 13.7. The van der Waals surface area contributed by atoms with Crippen molar-refractivity contribution in [3.63, 3.8) is 0 Å². The number of para-hydroxylation sites is 2. The van der Waals surface area contributed by atoms with Crippen LogP contribution in [0, 0.1) is 0 Å². The highest BCUT2D eigenvalue weighted by molar-refractivity contribution is 5.83. The Morgan fingerprint density at radius 2 is 2.12 bits per heavy atom. The van der Waals surface area contributed by atoms with Gasteiger partial charge >= 0.3 is 5.76 Å².